The molecular formula is C19H19N3O2. The fraction of sp³-hybridized carbons (Fsp3) is 0.263. The summed E-state index contributed by atoms with van der Waals surface area (Å²) < 4.78 is 5.77. The normalized spacial score (nSPS) is 18.0. The fourth-order valence-electron chi connectivity index (χ4n) is 3.31. The van der Waals surface area contributed by atoms with Crippen molar-refractivity contribution in [2.45, 2.75) is 32.4 Å². The summed E-state index contributed by atoms with van der Waals surface area (Å²) in [6.07, 6.45) is 2.13. The molecule has 0 aromatic heterocycles. The van der Waals surface area contributed by atoms with Crippen molar-refractivity contribution in [3.8, 4) is 0 Å². The summed E-state index contributed by atoms with van der Waals surface area (Å²) in [4.78, 5) is 15.7. The van der Waals surface area contributed by atoms with E-state index in [1.807, 2.05) is 18.2 Å². The third-order valence-electron chi connectivity index (χ3n) is 4.42. The van der Waals surface area contributed by atoms with Crippen LogP contribution < -0.4 is 10.6 Å². The quantitative estimate of drug-likeness (QED) is 0.890. The van der Waals surface area contributed by atoms with Crippen LogP contribution in [0.15, 0.2) is 47.5 Å². The Morgan fingerprint density at radius 1 is 1.21 bits per heavy atom. The molecule has 1 heterocycles. The molecule has 5 nitrogen and oxygen atoms in total. The zero-order valence-corrected chi connectivity index (χ0v) is 13.5. The van der Waals surface area contributed by atoms with Gasteiger partial charge < -0.3 is 15.4 Å². The van der Waals surface area contributed by atoms with Crippen LogP contribution in [0.25, 0.3) is 0 Å². The Kier molecular flexibility index (Phi) is 3.69. The predicted octanol–water partition coefficient (Wildman–Crippen LogP) is 3.44. The van der Waals surface area contributed by atoms with Crippen molar-refractivity contribution in [3.63, 3.8) is 0 Å². The highest BCUT2D eigenvalue weighted by Crippen LogP contribution is 2.32. The van der Waals surface area contributed by atoms with Crippen molar-refractivity contribution < 1.29 is 9.53 Å². The van der Waals surface area contributed by atoms with E-state index in [4.69, 9.17) is 4.74 Å². The van der Waals surface area contributed by atoms with E-state index in [0.29, 0.717) is 12.6 Å². The number of carbonyl (C=O) groups is 1. The molecule has 1 amide bonds. The Morgan fingerprint density at radius 3 is 2.96 bits per heavy atom. The molecule has 0 saturated heterocycles. The smallest absolute Gasteiger partial charge is 0.290 e. The minimum Gasteiger partial charge on any atom is -0.460 e. The molecule has 2 aliphatic rings. The number of benzene rings is 2. The number of hydrogen-bond donors (Lipinski definition) is 2. The third-order valence-corrected chi connectivity index (χ3v) is 4.42. The van der Waals surface area contributed by atoms with Gasteiger partial charge in [-0.05, 0) is 42.2 Å². The second-order valence-corrected chi connectivity index (χ2v) is 6.16. The Labute approximate surface area is 140 Å². The van der Waals surface area contributed by atoms with Crippen LogP contribution >= 0.6 is 0 Å². The molecule has 0 spiro atoms. The van der Waals surface area contributed by atoms with Crippen LogP contribution in [0, 0.1) is 0 Å². The van der Waals surface area contributed by atoms with Crippen LogP contribution in [-0.4, -0.2) is 11.9 Å². The Morgan fingerprint density at radius 2 is 2.08 bits per heavy atom. The average Bonchev–Trinajstić information content (AvgIpc) is 2.98. The van der Waals surface area contributed by atoms with Gasteiger partial charge >= 0.3 is 0 Å². The maximum atomic E-state index is 11.1. The summed E-state index contributed by atoms with van der Waals surface area (Å²) in [5.74, 6) is -0.0857. The summed E-state index contributed by atoms with van der Waals surface area (Å²) >= 11 is 0. The number of fused-ring (bicyclic) bond motifs is 2. The van der Waals surface area contributed by atoms with Crippen LogP contribution in [0.4, 0.5) is 11.4 Å². The molecule has 24 heavy (non-hydrogen) atoms. The van der Waals surface area contributed by atoms with Gasteiger partial charge in [0.15, 0.2) is 0 Å². The van der Waals surface area contributed by atoms with Crippen molar-refractivity contribution in [2.75, 3.05) is 5.32 Å². The number of amidine groups is 1. The molecule has 4 rings (SSSR count). The summed E-state index contributed by atoms with van der Waals surface area (Å²) in [5.41, 5.74) is 5.34. The van der Waals surface area contributed by atoms with Gasteiger partial charge in [-0.3, -0.25) is 4.79 Å². The van der Waals surface area contributed by atoms with E-state index in [-0.39, 0.29) is 11.9 Å². The topological polar surface area (TPSA) is 62.7 Å². The van der Waals surface area contributed by atoms with E-state index >= 15 is 0 Å². The molecule has 0 unspecified atom stereocenters. The van der Waals surface area contributed by atoms with Crippen molar-refractivity contribution in [1.82, 2.24) is 5.32 Å². The molecular weight excluding hydrogens is 302 g/mol. The van der Waals surface area contributed by atoms with Crippen molar-refractivity contribution in [1.29, 1.82) is 0 Å². The highest BCUT2D eigenvalue weighted by molar-refractivity contribution is 5.89. The third kappa shape index (κ3) is 2.85. The van der Waals surface area contributed by atoms with E-state index in [2.05, 4.69) is 39.9 Å². The van der Waals surface area contributed by atoms with Crippen LogP contribution in [0.5, 0.6) is 0 Å². The molecule has 0 fully saturated rings. The minimum absolute atomic E-state index is 0.0857. The van der Waals surface area contributed by atoms with Gasteiger partial charge in [-0.2, -0.15) is 4.99 Å². The Balaban J connectivity index is 1.52. The lowest BCUT2D eigenvalue weighted by Crippen LogP contribution is -2.30. The summed E-state index contributed by atoms with van der Waals surface area (Å²) in [6.45, 7) is 1.94. The Bertz CT molecular complexity index is 829. The van der Waals surface area contributed by atoms with E-state index in [9.17, 15) is 4.79 Å². The van der Waals surface area contributed by atoms with Gasteiger partial charge in [-0.1, -0.05) is 24.3 Å². The zero-order valence-electron chi connectivity index (χ0n) is 13.5. The monoisotopic (exact) mass is 321 g/mol. The van der Waals surface area contributed by atoms with Crippen molar-refractivity contribution >= 4 is 23.3 Å². The number of aryl methyl sites for hydroxylation is 1. The number of anilines is 1. The standard InChI is InChI=1S/C19H19N3O2/c1-12(23)20-15-7-9-17-14(10-15)11-24-19(21-17)22-18-8-6-13-4-2-3-5-16(13)18/h2-5,7,9-10,18H,6,8,11H2,1H3,(H,20,23)(H,21,22)/t18-/m1/s1. The first-order chi connectivity index (χ1) is 11.7. The molecule has 1 aliphatic heterocycles. The van der Waals surface area contributed by atoms with Gasteiger partial charge in [-0.15, -0.1) is 0 Å². The fourth-order valence-corrected chi connectivity index (χ4v) is 3.31. The van der Waals surface area contributed by atoms with Gasteiger partial charge in [0, 0.05) is 18.2 Å². The molecule has 122 valence electrons. The lowest BCUT2D eigenvalue weighted by atomic mass is 10.1. The molecule has 1 atom stereocenters. The number of rotatable bonds is 2. The van der Waals surface area contributed by atoms with Crippen LogP contribution in [0.2, 0.25) is 0 Å². The van der Waals surface area contributed by atoms with Crippen LogP contribution in [0.1, 0.15) is 36.1 Å². The zero-order chi connectivity index (χ0) is 16.5. The van der Waals surface area contributed by atoms with Gasteiger partial charge in [0.2, 0.25) is 5.91 Å². The first-order valence-electron chi connectivity index (χ1n) is 8.15. The number of aliphatic imine (C=N–C) groups is 1. The van der Waals surface area contributed by atoms with Crippen molar-refractivity contribution in [3.05, 3.63) is 59.2 Å². The number of nitrogens with zero attached hydrogens (tertiary/aromatic N) is 1. The summed E-state index contributed by atoms with van der Waals surface area (Å²) in [5, 5.41) is 6.20. The highest BCUT2D eigenvalue weighted by atomic mass is 16.5. The van der Waals surface area contributed by atoms with E-state index < -0.39 is 0 Å². The predicted molar refractivity (Wildman–Crippen MR) is 93.3 cm³/mol. The van der Waals surface area contributed by atoms with Gasteiger partial charge in [-0.25, -0.2) is 0 Å². The molecule has 2 aromatic carbocycles. The molecule has 0 radical (unpaired) electrons. The van der Waals surface area contributed by atoms with E-state index in [1.165, 1.54) is 18.1 Å². The summed E-state index contributed by atoms with van der Waals surface area (Å²) in [6, 6.07) is 15.0. The molecule has 1 aliphatic carbocycles. The summed E-state index contributed by atoms with van der Waals surface area (Å²) in [7, 11) is 0. The van der Waals surface area contributed by atoms with Crippen LogP contribution in [0.3, 0.4) is 0 Å². The largest absolute Gasteiger partial charge is 0.460 e. The second-order valence-electron chi connectivity index (χ2n) is 6.16. The van der Waals surface area contributed by atoms with Gasteiger partial charge in [0.05, 0.1) is 11.7 Å². The van der Waals surface area contributed by atoms with Crippen LogP contribution in [-0.2, 0) is 22.6 Å². The molecule has 2 aromatic rings. The first kappa shape index (κ1) is 14.8. The Hall–Kier alpha value is -2.82. The van der Waals surface area contributed by atoms with Gasteiger partial charge in [0.25, 0.3) is 6.02 Å². The SMILES string of the molecule is CC(=O)Nc1ccc2c(c1)COC(N[C@@H]1CCc3ccccc31)=N2. The first-order valence-corrected chi connectivity index (χ1v) is 8.15. The number of ether oxygens (including phenoxy) is 1. The number of carbonyl (C=O) groups excluding carboxylic acids is 1. The molecule has 2 N–H and O–H groups in total. The second kappa shape index (κ2) is 6.00. The van der Waals surface area contributed by atoms with Gasteiger partial charge in [0.1, 0.15) is 6.61 Å². The molecule has 5 heteroatoms. The lowest BCUT2D eigenvalue weighted by Gasteiger charge is -2.22. The molecule has 0 bridgehead atoms. The number of nitrogens with one attached hydrogen (secondary N) is 2. The van der Waals surface area contributed by atoms with E-state index in [0.717, 1.165) is 29.8 Å². The average molecular weight is 321 g/mol. The lowest BCUT2D eigenvalue weighted by molar-refractivity contribution is -0.114. The minimum atomic E-state index is -0.0857. The van der Waals surface area contributed by atoms with Crippen molar-refractivity contribution in [2.24, 2.45) is 4.99 Å². The maximum Gasteiger partial charge on any atom is 0.290 e. The molecule has 0 saturated carbocycles. The highest BCUT2D eigenvalue weighted by Gasteiger charge is 2.24. The maximum absolute atomic E-state index is 11.1. The van der Waals surface area contributed by atoms with E-state index in [1.54, 1.807) is 0 Å². The number of amides is 1. The number of hydrogen-bond acceptors (Lipinski definition) is 4.